The lowest BCUT2D eigenvalue weighted by Gasteiger charge is -2.39. The Morgan fingerprint density at radius 3 is 2.60 bits per heavy atom. The van der Waals surface area contributed by atoms with E-state index in [2.05, 4.69) is 43.5 Å². The molecule has 1 aromatic carbocycles. The van der Waals surface area contributed by atoms with Crippen LogP contribution in [0.5, 0.6) is 0 Å². The molecular weight excluding hydrogens is 286 g/mol. The summed E-state index contributed by atoms with van der Waals surface area (Å²) in [6.07, 6.45) is 2.38. The van der Waals surface area contributed by atoms with Gasteiger partial charge < -0.3 is 0 Å². The second-order valence-electron chi connectivity index (χ2n) is 5.19. The molecule has 1 aliphatic heterocycles. The molecule has 1 nitrogen and oxygen atoms in total. The van der Waals surface area contributed by atoms with Crippen LogP contribution in [0.1, 0.15) is 19.4 Å². The normalized spacial score (nSPS) is 16.6. The van der Waals surface area contributed by atoms with Gasteiger partial charge in [-0.3, -0.25) is 4.48 Å². The molecule has 0 radical (unpaired) electrons. The molecule has 0 amide bonds. The summed E-state index contributed by atoms with van der Waals surface area (Å²) in [5, 5.41) is 4.40. The second-order valence-corrected chi connectivity index (χ2v) is 6.55. The second kappa shape index (κ2) is 5.36. The molecular formula is C17H19ClNS+. The third-order valence-electron chi connectivity index (χ3n) is 4.39. The predicted octanol–water partition coefficient (Wildman–Crippen LogP) is 3.21. The molecule has 104 valence electrons. The molecule has 0 spiro atoms. The van der Waals surface area contributed by atoms with Crippen molar-refractivity contribution >= 4 is 34.7 Å². The molecule has 2 aromatic rings. The number of hydrogen-bond acceptors (Lipinski definition) is 1. The number of thiophene rings is 1. The first kappa shape index (κ1) is 13.9. The summed E-state index contributed by atoms with van der Waals surface area (Å²) in [6.45, 7) is 7.77. The molecule has 1 aliphatic rings. The number of hydrogen-bond donors (Lipinski definition) is 0. The molecule has 0 bridgehead atoms. The van der Waals surface area contributed by atoms with E-state index >= 15 is 0 Å². The summed E-state index contributed by atoms with van der Waals surface area (Å²) in [4.78, 5) is 0. The van der Waals surface area contributed by atoms with E-state index in [4.69, 9.17) is 11.6 Å². The van der Waals surface area contributed by atoms with Crippen LogP contribution in [0.2, 0.25) is 5.02 Å². The molecule has 2 heterocycles. The Morgan fingerprint density at radius 1 is 1.15 bits per heavy atom. The fourth-order valence-corrected chi connectivity index (χ4v) is 4.17. The van der Waals surface area contributed by atoms with Gasteiger partial charge in [-0.25, -0.2) is 0 Å². The van der Waals surface area contributed by atoms with Crippen LogP contribution in [0.15, 0.2) is 35.7 Å². The SMILES string of the molecule is CC[N+]1(CC)CC=c2sccc2=C1c1ccccc1Cl. The Balaban J connectivity index is 2.40. The van der Waals surface area contributed by atoms with Crippen molar-refractivity contribution in [3.8, 4) is 0 Å². The maximum Gasteiger partial charge on any atom is 0.150 e. The Hall–Kier alpha value is -1.09. The van der Waals surface area contributed by atoms with Crippen molar-refractivity contribution in [1.29, 1.82) is 0 Å². The van der Waals surface area contributed by atoms with Crippen LogP contribution in [0.3, 0.4) is 0 Å². The topological polar surface area (TPSA) is 0 Å². The van der Waals surface area contributed by atoms with Gasteiger partial charge in [0.1, 0.15) is 6.54 Å². The van der Waals surface area contributed by atoms with Crippen molar-refractivity contribution < 1.29 is 4.48 Å². The maximum absolute atomic E-state index is 6.49. The summed E-state index contributed by atoms with van der Waals surface area (Å²) >= 11 is 8.32. The lowest BCUT2D eigenvalue weighted by Crippen LogP contribution is -2.53. The minimum atomic E-state index is 0.853. The van der Waals surface area contributed by atoms with Crippen molar-refractivity contribution in [2.75, 3.05) is 19.6 Å². The molecule has 0 aliphatic carbocycles. The zero-order chi connectivity index (χ0) is 14.2. The van der Waals surface area contributed by atoms with Gasteiger partial charge in [0.15, 0.2) is 5.70 Å². The first-order valence-electron chi connectivity index (χ1n) is 7.11. The lowest BCUT2D eigenvalue weighted by molar-refractivity contribution is -0.848. The molecule has 0 saturated heterocycles. The van der Waals surface area contributed by atoms with Crippen molar-refractivity contribution in [2.24, 2.45) is 0 Å². The van der Waals surface area contributed by atoms with Gasteiger partial charge in [0.25, 0.3) is 0 Å². The Labute approximate surface area is 129 Å². The minimum Gasteiger partial charge on any atom is -0.287 e. The largest absolute Gasteiger partial charge is 0.287 e. The highest BCUT2D eigenvalue weighted by Crippen LogP contribution is 2.31. The molecule has 3 rings (SSSR count). The van der Waals surface area contributed by atoms with E-state index in [0.717, 1.165) is 29.1 Å². The lowest BCUT2D eigenvalue weighted by atomic mass is 10.0. The molecule has 20 heavy (non-hydrogen) atoms. The van der Waals surface area contributed by atoms with E-state index in [-0.39, 0.29) is 0 Å². The van der Waals surface area contributed by atoms with Crippen LogP contribution in [-0.2, 0) is 0 Å². The van der Waals surface area contributed by atoms with E-state index in [0.29, 0.717) is 0 Å². The Bertz CT molecular complexity index is 740. The van der Waals surface area contributed by atoms with Gasteiger partial charge in [0.2, 0.25) is 0 Å². The van der Waals surface area contributed by atoms with Crippen LogP contribution in [0.25, 0.3) is 11.8 Å². The van der Waals surface area contributed by atoms with Gasteiger partial charge >= 0.3 is 0 Å². The Morgan fingerprint density at radius 2 is 1.90 bits per heavy atom. The standard InChI is InChI=1S/C17H19ClNS/c1-3-19(4-2)11-9-16-14(10-12-20-16)17(19)13-7-5-6-8-15(13)18/h5-10,12H,3-4,11H2,1-2H3/q+1. The third-order valence-corrected chi connectivity index (χ3v) is 5.63. The van der Waals surface area contributed by atoms with E-state index in [1.807, 2.05) is 23.5 Å². The van der Waals surface area contributed by atoms with Crippen molar-refractivity contribution in [2.45, 2.75) is 13.8 Å². The van der Waals surface area contributed by atoms with Crippen molar-refractivity contribution in [3.63, 3.8) is 0 Å². The quantitative estimate of drug-likeness (QED) is 0.764. The average molecular weight is 305 g/mol. The molecule has 0 N–H and O–H groups in total. The summed E-state index contributed by atoms with van der Waals surface area (Å²) in [5.74, 6) is 0. The molecule has 0 fully saturated rings. The fourth-order valence-electron chi connectivity index (χ4n) is 3.13. The van der Waals surface area contributed by atoms with Crippen molar-refractivity contribution in [1.82, 2.24) is 0 Å². The van der Waals surface area contributed by atoms with Gasteiger partial charge in [0, 0.05) is 4.53 Å². The number of quaternary nitrogens is 1. The maximum atomic E-state index is 6.49. The fraction of sp³-hybridized carbons (Fsp3) is 0.294. The number of nitrogens with zero attached hydrogens (tertiary/aromatic N) is 1. The summed E-state index contributed by atoms with van der Waals surface area (Å²) in [7, 11) is 0. The molecule has 3 heteroatoms. The third kappa shape index (κ3) is 2.03. The van der Waals surface area contributed by atoms with Gasteiger partial charge in [-0.2, -0.15) is 0 Å². The zero-order valence-electron chi connectivity index (χ0n) is 11.9. The van der Waals surface area contributed by atoms with Crippen molar-refractivity contribution in [3.05, 3.63) is 56.0 Å². The van der Waals surface area contributed by atoms with E-state index in [1.165, 1.54) is 21.0 Å². The predicted molar refractivity (Wildman–Crippen MR) is 88.2 cm³/mol. The number of rotatable bonds is 3. The van der Waals surface area contributed by atoms with Gasteiger partial charge in [-0.05, 0) is 43.5 Å². The molecule has 0 atom stereocenters. The average Bonchev–Trinajstić information content (AvgIpc) is 2.95. The highest BCUT2D eigenvalue weighted by Gasteiger charge is 2.33. The monoisotopic (exact) mass is 304 g/mol. The zero-order valence-corrected chi connectivity index (χ0v) is 13.5. The highest BCUT2D eigenvalue weighted by atomic mass is 35.5. The highest BCUT2D eigenvalue weighted by molar-refractivity contribution is 7.07. The minimum absolute atomic E-state index is 0.853. The summed E-state index contributed by atoms with van der Waals surface area (Å²) in [5.41, 5.74) is 2.57. The van der Waals surface area contributed by atoms with Crippen LogP contribution in [0, 0.1) is 0 Å². The molecule has 0 saturated carbocycles. The van der Waals surface area contributed by atoms with Crippen LogP contribution in [0.4, 0.5) is 0 Å². The summed E-state index contributed by atoms with van der Waals surface area (Å²) in [6, 6.07) is 10.5. The van der Waals surface area contributed by atoms with E-state index in [9.17, 15) is 0 Å². The molecule has 1 aromatic heterocycles. The van der Waals surface area contributed by atoms with Crippen LogP contribution < -0.4 is 9.75 Å². The van der Waals surface area contributed by atoms with E-state index in [1.54, 1.807) is 0 Å². The van der Waals surface area contributed by atoms with Crippen LogP contribution >= 0.6 is 22.9 Å². The van der Waals surface area contributed by atoms with E-state index < -0.39 is 0 Å². The smallest absolute Gasteiger partial charge is 0.150 e. The Kier molecular flexibility index (Phi) is 3.72. The number of halogens is 1. The molecule has 0 unspecified atom stereocenters. The van der Waals surface area contributed by atoms with Crippen LogP contribution in [-0.4, -0.2) is 24.1 Å². The summed E-state index contributed by atoms with van der Waals surface area (Å²) < 4.78 is 2.36. The van der Waals surface area contributed by atoms with Gasteiger partial charge in [-0.15, -0.1) is 11.3 Å². The first-order valence-corrected chi connectivity index (χ1v) is 8.37. The number of fused-ring (bicyclic) bond motifs is 1. The number of benzene rings is 1. The van der Waals surface area contributed by atoms with Gasteiger partial charge in [-0.1, -0.05) is 23.7 Å². The van der Waals surface area contributed by atoms with Gasteiger partial charge in [0.05, 0.1) is 28.9 Å². The first-order chi connectivity index (χ1) is 9.72.